The number of halogens is 3. The van der Waals surface area contributed by atoms with Crippen LogP contribution in [0.25, 0.3) is 5.76 Å². The molecule has 8 heteroatoms. The van der Waals surface area contributed by atoms with Gasteiger partial charge in [0.2, 0.25) is 0 Å². The summed E-state index contributed by atoms with van der Waals surface area (Å²) in [6.45, 7) is 3.77. The van der Waals surface area contributed by atoms with Gasteiger partial charge in [-0.15, -0.1) is 0 Å². The summed E-state index contributed by atoms with van der Waals surface area (Å²) in [6, 6.07) is 15.2. The first-order valence-corrected chi connectivity index (χ1v) is 11.4. The van der Waals surface area contributed by atoms with E-state index in [9.17, 15) is 27.9 Å². The average Bonchev–Trinajstić information content (AvgIpc) is 3.33. The van der Waals surface area contributed by atoms with Crippen molar-refractivity contribution >= 4 is 23.1 Å². The van der Waals surface area contributed by atoms with Crippen LogP contribution in [-0.4, -0.2) is 22.9 Å². The summed E-state index contributed by atoms with van der Waals surface area (Å²) in [5.74, 6) is -1.50. The predicted octanol–water partition coefficient (Wildman–Crippen LogP) is 5.96. The third-order valence-electron chi connectivity index (χ3n) is 6.44. The summed E-state index contributed by atoms with van der Waals surface area (Å²) in [5.41, 5.74) is 1.75. The third-order valence-corrected chi connectivity index (χ3v) is 6.44. The molecule has 0 aliphatic carbocycles. The third kappa shape index (κ3) is 4.02. The minimum Gasteiger partial charge on any atom is -0.507 e. The Balaban J connectivity index is 1.66. The number of hydrogen-bond acceptors (Lipinski definition) is 4. The lowest BCUT2D eigenvalue weighted by molar-refractivity contribution is -0.137. The molecule has 2 atom stereocenters. The number of aryl methyl sites for hydroxylation is 1. The predicted molar refractivity (Wildman–Crippen MR) is 128 cm³/mol. The summed E-state index contributed by atoms with van der Waals surface area (Å²) in [6.07, 6.45) is -3.93. The van der Waals surface area contributed by atoms with E-state index in [0.29, 0.717) is 23.3 Å². The number of Topliss-reactive ketones (excluding diaryl/α,β-unsaturated/α-hetero) is 1. The number of carbonyl (C=O) groups excluding carboxylic acids is 2. The lowest BCUT2D eigenvalue weighted by Gasteiger charge is -2.26. The highest BCUT2D eigenvalue weighted by Gasteiger charge is 2.47. The highest BCUT2D eigenvalue weighted by Crippen LogP contribution is 2.43. The van der Waals surface area contributed by atoms with E-state index < -0.39 is 29.5 Å². The number of anilines is 1. The highest BCUT2D eigenvalue weighted by atomic mass is 19.4. The minimum atomic E-state index is -4.54. The lowest BCUT2D eigenvalue weighted by Crippen LogP contribution is -2.29. The van der Waals surface area contributed by atoms with Crippen molar-refractivity contribution in [2.45, 2.75) is 38.6 Å². The normalized spacial score (nSPS) is 21.0. The summed E-state index contributed by atoms with van der Waals surface area (Å²) >= 11 is 0. The van der Waals surface area contributed by atoms with Crippen molar-refractivity contribution < 1.29 is 32.6 Å². The standard InChI is InChI=1S/C28H22F3NO4/c1-15-4-3-5-17(12-15)24-23(25(33)18-6-11-22-19(14-18)13-16(2)36-22)26(34)27(35)32(24)21-9-7-20(8-10-21)28(29,30)31/h3-12,14,16,24,33H,13H2,1-2H3/b25-23-. The molecule has 3 aromatic carbocycles. The number of alkyl halides is 3. The number of aliphatic hydroxyl groups is 1. The molecule has 1 amide bonds. The summed E-state index contributed by atoms with van der Waals surface area (Å²) in [4.78, 5) is 27.6. The van der Waals surface area contributed by atoms with Gasteiger partial charge in [0.25, 0.3) is 11.7 Å². The van der Waals surface area contributed by atoms with Crippen LogP contribution in [-0.2, 0) is 22.2 Å². The maximum Gasteiger partial charge on any atom is 0.416 e. The molecule has 0 spiro atoms. The number of benzene rings is 3. The minimum absolute atomic E-state index is 0.0186. The molecule has 3 aromatic rings. The van der Waals surface area contributed by atoms with Crippen molar-refractivity contribution in [2.24, 2.45) is 0 Å². The second-order valence-corrected chi connectivity index (χ2v) is 9.08. The fourth-order valence-corrected chi connectivity index (χ4v) is 4.79. The van der Waals surface area contributed by atoms with E-state index in [1.165, 1.54) is 0 Å². The topological polar surface area (TPSA) is 66.8 Å². The number of amides is 1. The van der Waals surface area contributed by atoms with Gasteiger partial charge in [-0.05, 0) is 67.4 Å². The van der Waals surface area contributed by atoms with E-state index in [0.717, 1.165) is 40.3 Å². The van der Waals surface area contributed by atoms with E-state index in [1.807, 2.05) is 19.9 Å². The zero-order valence-corrected chi connectivity index (χ0v) is 19.5. The van der Waals surface area contributed by atoms with Gasteiger partial charge in [0.05, 0.1) is 17.2 Å². The quantitative estimate of drug-likeness (QED) is 0.278. The lowest BCUT2D eigenvalue weighted by atomic mass is 9.93. The number of ether oxygens (including phenoxy) is 1. The van der Waals surface area contributed by atoms with Crippen LogP contribution in [0, 0.1) is 6.92 Å². The zero-order valence-electron chi connectivity index (χ0n) is 19.5. The summed E-state index contributed by atoms with van der Waals surface area (Å²) in [7, 11) is 0. The SMILES string of the molecule is Cc1cccc(C2/C(=C(/O)c3ccc4c(c3)CC(C)O4)C(=O)C(=O)N2c2ccc(C(F)(F)F)cc2)c1. The van der Waals surface area contributed by atoms with Crippen LogP contribution in [0.1, 0.15) is 40.8 Å². The average molecular weight is 493 g/mol. The fraction of sp³-hybridized carbons (Fsp3) is 0.214. The van der Waals surface area contributed by atoms with Crippen molar-refractivity contribution in [3.8, 4) is 5.75 Å². The largest absolute Gasteiger partial charge is 0.507 e. The number of fused-ring (bicyclic) bond motifs is 1. The first-order valence-electron chi connectivity index (χ1n) is 11.4. The highest BCUT2D eigenvalue weighted by molar-refractivity contribution is 6.51. The van der Waals surface area contributed by atoms with Crippen LogP contribution in [0.15, 0.2) is 72.3 Å². The molecule has 2 unspecified atom stereocenters. The monoisotopic (exact) mass is 493 g/mol. The fourth-order valence-electron chi connectivity index (χ4n) is 4.79. The Hall–Kier alpha value is -4.07. The van der Waals surface area contributed by atoms with Gasteiger partial charge in [-0.1, -0.05) is 29.8 Å². The van der Waals surface area contributed by atoms with Gasteiger partial charge in [0, 0.05) is 17.7 Å². The molecule has 0 saturated carbocycles. The smallest absolute Gasteiger partial charge is 0.416 e. The van der Waals surface area contributed by atoms with Crippen molar-refractivity contribution in [3.63, 3.8) is 0 Å². The number of ketones is 1. The number of carbonyl (C=O) groups is 2. The van der Waals surface area contributed by atoms with Crippen molar-refractivity contribution in [2.75, 3.05) is 4.90 Å². The molecular weight excluding hydrogens is 471 g/mol. The molecule has 0 aromatic heterocycles. The molecular formula is C28H22F3NO4. The molecule has 2 aliphatic heterocycles. The molecule has 1 N–H and O–H groups in total. The molecule has 0 radical (unpaired) electrons. The Morgan fingerprint density at radius 3 is 2.42 bits per heavy atom. The van der Waals surface area contributed by atoms with Crippen LogP contribution in [0.4, 0.5) is 18.9 Å². The first-order chi connectivity index (χ1) is 17.0. The van der Waals surface area contributed by atoms with Gasteiger partial charge < -0.3 is 9.84 Å². The van der Waals surface area contributed by atoms with Gasteiger partial charge in [0.15, 0.2) is 0 Å². The van der Waals surface area contributed by atoms with Crippen LogP contribution >= 0.6 is 0 Å². The number of aliphatic hydroxyl groups excluding tert-OH is 1. The van der Waals surface area contributed by atoms with Crippen LogP contribution in [0.5, 0.6) is 5.75 Å². The molecule has 5 nitrogen and oxygen atoms in total. The molecule has 184 valence electrons. The van der Waals surface area contributed by atoms with E-state index in [4.69, 9.17) is 4.74 Å². The molecule has 5 rings (SSSR count). The molecule has 1 saturated heterocycles. The summed E-state index contributed by atoms with van der Waals surface area (Å²) in [5, 5.41) is 11.3. The van der Waals surface area contributed by atoms with Gasteiger partial charge in [0.1, 0.15) is 17.6 Å². The molecule has 36 heavy (non-hydrogen) atoms. The first kappa shape index (κ1) is 23.7. The van der Waals surface area contributed by atoms with E-state index >= 15 is 0 Å². The van der Waals surface area contributed by atoms with Gasteiger partial charge in [-0.2, -0.15) is 13.2 Å². The number of nitrogens with zero attached hydrogens (tertiary/aromatic N) is 1. The van der Waals surface area contributed by atoms with Gasteiger partial charge >= 0.3 is 6.18 Å². The van der Waals surface area contributed by atoms with E-state index in [2.05, 4.69) is 0 Å². The Labute approximate surface area is 205 Å². The second kappa shape index (κ2) is 8.55. The van der Waals surface area contributed by atoms with Gasteiger partial charge in [-0.25, -0.2) is 0 Å². The Bertz CT molecular complexity index is 1410. The molecule has 0 bridgehead atoms. The van der Waals surface area contributed by atoms with Crippen LogP contribution in [0.3, 0.4) is 0 Å². The Kier molecular flexibility index (Phi) is 5.62. The molecule has 1 fully saturated rings. The Morgan fingerprint density at radius 1 is 1.03 bits per heavy atom. The van der Waals surface area contributed by atoms with Crippen LogP contribution in [0.2, 0.25) is 0 Å². The molecule has 2 heterocycles. The molecule has 2 aliphatic rings. The number of rotatable bonds is 3. The van der Waals surface area contributed by atoms with E-state index in [-0.39, 0.29) is 23.1 Å². The van der Waals surface area contributed by atoms with Gasteiger partial charge in [-0.3, -0.25) is 14.5 Å². The number of hydrogen-bond donors (Lipinski definition) is 1. The van der Waals surface area contributed by atoms with Crippen molar-refractivity contribution in [3.05, 3.63) is 100 Å². The van der Waals surface area contributed by atoms with Crippen molar-refractivity contribution in [1.82, 2.24) is 0 Å². The maximum absolute atomic E-state index is 13.3. The summed E-state index contributed by atoms with van der Waals surface area (Å²) < 4.78 is 45.0. The van der Waals surface area contributed by atoms with Crippen molar-refractivity contribution in [1.29, 1.82) is 0 Å². The maximum atomic E-state index is 13.3. The second-order valence-electron chi connectivity index (χ2n) is 9.08. The van der Waals surface area contributed by atoms with E-state index in [1.54, 1.807) is 36.4 Å². The zero-order chi connectivity index (χ0) is 25.8. The Morgan fingerprint density at radius 2 is 1.75 bits per heavy atom. The van der Waals surface area contributed by atoms with Crippen LogP contribution < -0.4 is 9.64 Å².